The second-order valence-electron chi connectivity index (χ2n) is 8.49. The van der Waals surface area contributed by atoms with Gasteiger partial charge in [-0.15, -0.1) is 0 Å². The number of rotatable bonds is 6. The number of benzene rings is 3. The molecule has 1 amide bonds. The van der Waals surface area contributed by atoms with E-state index in [1.54, 1.807) is 12.3 Å². The molecule has 5 N–H and O–H groups in total. The van der Waals surface area contributed by atoms with Crippen LogP contribution in [0.15, 0.2) is 102 Å². The molecule has 0 bridgehead atoms. The van der Waals surface area contributed by atoms with Crippen molar-refractivity contribution in [1.29, 1.82) is 0 Å². The number of fused-ring (bicyclic) bond motifs is 1. The number of aromatic nitrogens is 1. The Balaban J connectivity index is 1.25. The first kappa shape index (κ1) is 23.3. The SMILES string of the molecule is CN1C=CC(Cl)=CC1Nc1cccc(C(=O)Nc2ccc(Nc3ccnc4cc(N)ccc34)cc2)c1. The highest BCUT2D eigenvalue weighted by Gasteiger charge is 2.14. The third-order valence-electron chi connectivity index (χ3n) is 5.85. The first-order valence-electron chi connectivity index (χ1n) is 11.4. The third-order valence-corrected chi connectivity index (χ3v) is 6.10. The van der Waals surface area contributed by atoms with Crippen LogP contribution in [0, 0.1) is 0 Å². The van der Waals surface area contributed by atoms with E-state index in [4.69, 9.17) is 17.3 Å². The highest BCUT2D eigenvalue weighted by molar-refractivity contribution is 6.31. The summed E-state index contributed by atoms with van der Waals surface area (Å²) in [6.45, 7) is 0. The smallest absolute Gasteiger partial charge is 0.255 e. The van der Waals surface area contributed by atoms with Crippen LogP contribution in [0.5, 0.6) is 0 Å². The first-order chi connectivity index (χ1) is 17.4. The molecule has 1 aliphatic heterocycles. The van der Waals surface area contributed by atoms with Crippen LogP contribution in [0.4, 0.5) is 28.4 Å². The van der Waals surface area contributed by atoms with Gasteiger partial charge in [0.25, 0.3) is 5.91 Å². The Bertz CT molecular complexity index is 1480. The summed E-state index contributed by atoms with van der Waals surface area (Å²) in [4.78, 5) is 19.3. The largest absolute Gasteiger partial charge is 0.399 e. The molecule has 1 unspecified atom stereocenters. The van der Waals surface area contributed by atoms with Crippen molar-refractivity contribution in [2.24, 2.45) is 0 Å². The van der Waals surface area contributed by atoms with E-state index in [0.29, 0.717) is 22.0 Å². The number of carbonyl (C=O) groups is 1. The zero-order chi connectivity index (χ0) is 25.1. The summed E-state index contributed by atoms with van der Waals surface area (Å²) in [6, 6.07) is 22.5. The van der Waals surface area contributed by atoms with Crippen molar-refractivity contribution in [3.8, 4) is 0 Å². The standard InChI is InChI=1S/C28H25ClN6O/c1-35-14-12-19(29)16-27(35)33-23-4-2-3-18(15-23)28(36)34-22-8-6-21(7-9-22)32-25-11-13-31-26-17-20(30)5-10-24(25)26/h2-17,27,33H,30H2,1H3,(H,31,32)(H,34,36). The maximum Gasteiger partial charge on any atom is 0.255 e. The quantitative estimate of drug-likeness (QED) is 0.240. The molecule has 1 atom stereocenters. The average molecular weight is 497 g/mol. The molecule has 0 aliphatic carbocycles. The van der Waals surface area contributed by atoms with Crippen LogP contribution < -0.4 is 21.7 Å². The van der Waals surface area contributed by atoms with Gasteiger partial charge in [0.15, 0.2) is 0 Å². The van der Waals surface area contributed by atoms with Crippen LogP contribution in [0.2, 0.25) is 0 Å². The van der Waals surface area contributed by atoms with Gasteiger partial charge >= 0.3 is 0 Å². The highest BCUT2D eigenvalue weighted by Crippen LogP contribution is 2.27. The van der Waals surface area contributed by atoms with Gasteiger partial charge in [-0.3, -0.25) is 9.78 Å². The van der Waals surface area contributed by atoms with E-state index in [9.17, 15) is 4.79 Å². The zero-order valence-corrected chi connectivity index (χ0v) is 20.3. The molecule has 0 fully saturated rings. The van der Waals surface area contributed by atoms with Crippen LogP contribution in [-0.2, 0) is 0 Å². The monoisotopic (exact) mass is 496 g/mol. The van der Waals surface area contributed by atoms with Crippen LogP contribution in [0.3, 0.4) is 0 Å². The number of anilines is 5. The van der Waals surface area contributed by atoms with Gasteiger partial charge < -0.3 is 26.6 Å². The lowest BCUT2D eigenvalue weighted by Gasteiger charge is -2.28. The molecule has 8 heteroatoms. The highest BCUT2D eigenvalue weighted by atomic mass is 35.5. The number of nitrogens with one attached hydrogen (secondary N) is 3. The number of carbonyl (C=O) groups excluding carboxylic acids is 1. The minimum atomic E-state index is -0.192. The summed E-state index contributed by atoms with van der Waals surface area (Å²) >= 11 is 6.13. The van der Waals surface area contributed by atoms with E-state index in [2.05, 4.69) is 20.9 Å². The number of halogens is 1. The molecule has 36 heavy (non-hydrogen) atoms. The topological polar surface area (TPSA) is 95.3 Å². The van der Waals surface area contributed by atoms with Gasteiger partial charge in [-0.2, -0.15) is 0 Å². The van der Waals surface area contributed by atoms with E-state index >= 15 is 0 Å². The summed E-state index contributed by atoms with van der Waals surface area (Å²) in [5.74, 6) is -0.192. The molecule has 5 rings (SSSR count). The van der Waals surface area contributed by atoms with E-state index in [0.717, 1.165) is 28.0 Å². The Labute approximate surface area is 214 Å². The van der Waals surface area contributed by atoms with Crippen LogP contribution in [0.1, 0.15) is 10.4 Å². The third kappa shape index (κ3) is 5.26. The van der Waals surface area contributed by atoms with Crippen molar-refractivity contribution >= 4 is 56.8 Å². The summed E-state index contributed by atoms with van der Waals surface area (Å²) < 4.78 is 0. The number of pyridine rings is 1. The van der Waals surface area contributed by atoms with Crippen molar-refractivity contribution in [3.63, 3.8) is 0 Å². The van der Waals surface area contributed by atoms with Crippen LogP contribution in [0.25, 0.3) is 10.9 Å². The fraction of sp³-hybridized carbons (Fsp3) is 0.0714. The van der Waals surface area contributed by atoms with Gasteiger partial charge in [0.05, 0.1) is 5.52 Å². The molecule has 3 aromatic carbocycles. The van der Waals surface area contributed by atoms with E-state index in [-0.39, 0.29) is 12.1 Å². The van der Waals surface area contributed by atoms with E-state index in [1.807, 2.05) is 97.0 Å². The Kier molecular flexibility index (Phi) is 6.47. The van der Waals surface area contributed by atoms with Crippen molar-refractivity contribution in [2.75, 3.05) is 28.7 Å². The number of allylic oxidation sites excluding steroid dienone is 2. The van der Waals surface area contributed by atoms with Crippen LogP contribution >= 0.6 is 11.6 Å². The normalized spacial score (nSPS) is 14.9. The molecule has 0 radical (unpaired) electrons. The molecule has 4 aromatic rings. The predicted octanol–water partition coefficient (Wildman–Crippen LogP) is 6.13. The van der Waals surface area contributed by atoms with Crippen molar-refractivity contribution in [3.05, 3.63) is 108 Å². The molecule has 1 aliphatic rings. The Morgan fingerprint density at radius 1 is 1.00 bits per heavy atom. The maximum atomic E-state index is 12.9. The van der Waals surface area contributed by atoms with Gasteiger partial charge in [-0.25, -0.2) is 0 Å². The molecule has 2 heterocycles. The molecular formula is C28H25ClN6O. The molecular weight excluding hydrogens is 472 g/mol. The molecule has 7 nitrogen and oxygen atoms in total. The Morgan fingerprint density at radius 3 is 2.64 bits per heavy atom. The summed E-state index contributed by atoms with van der Waals surface area (Å²) in [7, 11) is 1.95. The fourth-order valence-electron chi connectivity index (χ4n) is 3.94. The van der Waals surface area contributed by atoms with Gasteiger partial charge in [0.2, 0.25) is 0 Å². The number of nitrogens with zero attached hydrogens (tertiary/aromatic N) is 2. The van der Waals surface area contributed by atoms with Crippen molar-refractivity contribution in [2.45, 2.75) is 6.17 Å². The van der Waals surface area contributed by atoms with Gasteiger partial charge in [0, 0.05) is 63.9 Å². The molecule has 0 saturated carbocycles. The average Bonchev–Trinajstić information content (AvgIpc) is 2.87. The lowest BCUT2D eigenvalue weighted by atomic mass is 10.1. The predicted molar refractivity (Wildman–Crippen MR) is 149 cm³/mol. The minimum Gasteiger partial charge on any atom is -0.399 e. The van der Waals surface area contributed by atoms with E-state index < -0.39 is 0 Å². The Morgan fingerprint density at radius 2 is 1.81 bits per heavy atom. The van der Waals surface area contributed by atoms with Crippen LogP contribution in [-0.4, -0.2) is 29.0 Å². The van der Waals surface area contributed by atoms with Gasteiger partial charge in [0.1, 0.15) is 6.17 Å². The number of hydrogen-bond donors (Lipinski definition) is 4. The first-order valence-corrected chi connectivity index (χ1v) is 11.8. The lowest BCUT2D eigenvalue weighted by molar-refractivity contribution is 0.102. The number of nitrogen functional groups attached to an aromatic ring is 1. The summed E-state index contributed by atoms with van der Waals surface area (Å²) in [5, 5.41) is 11.4. The second kappa shape index (κ2) is 10.0. The second-order valence-corrected chi connectivity index (χ2v) is 8.93. The number of nitrogens with two attached hydrogens (primary N) is 1. The number of hydrogen-bond acceptors (Lipinski definition) is 6. The molecule has 0 saturated heterocycles. The van der Waals surface area contributed by atoms with Gasteiger partial charge in [-0.1, -0.05) is 17.7 Å². The number of amides is 1. The van der Waals surface area contributed by atoms with Crippen molar-refractivity contribution in [1.82, 2.24) is 9.88 Å². The van der Waals surface area contributed by atoms with E-state index in [1.165, 1.54) is 0 Å². The fourth-order valence-corrected chi connectivity index (χ4v) is 4.12. The van der Waals surface area contributed by atoms with Crippen molar-refractivity contribution < 1.29 is 4.79 Å². The van der Waals surface area contributed by atoms with Gasteiger partial charge in [-0.05, 0) is 78.9 Å². The summed E-state index contributed by atoms with van der Waals surface area (Å²) in [6.07, 6.45) is 7.29. The molecule has 0 spiro atoms. The summed E-state index contributed by atoms with van der Waals surface area (Å²) in [5.41, 5.74) is 11.3. The molecule has 180 valence electrons. The maximum absolute atomic E-state index is 12.9. The minimum absolute atomic E-state index is 0.101. The zero-order valence-electron chi connectivity index (χ0n) is 19.6. The molecule has 1 aromatic heterocycles. The number of likely N-dealkylation sites (N-methyl/N-ethyl adjacent to an activating group) is 1. The Hall–Kier alpha value is -4.49. The lowest BCUT2D eigenvalue weighted by Crippen LogP contribution is -2.34.